The van der Waals surface area contributed by atoms with Crippen molar-refractivity contribution >= 4 is 0 Å². The van der Waals surface area contributed by atoms with Gasteiger partial charge < -0.3 is 4.74 Å². The monoisotopic (exact) mass is 352 g/mol. The second-order valence-electron chi connectivity index (χ2n) is 7.30. The average Bonchev–Trinajstić information content (AvgIpc) is 2.66. The molecule has 140 valence electrons. The summed E-state index contributed by atoms with van der Waals surface area (Å²) in [6.45, 7) is 13.5. The lowest BCUT2D eigenvalue weighted by molar-refractivity contribution is 0.0709. The van der Waals surface area contributed by atoms with Gasteiger partial charge in [0.05, 0.1) is 12.6 Å². The van der Waals surface area contributed by atoms with E-state index in [0.717, 1.165) is 45.9 Å². The molecule has 2 aromatic carbocycles. The topological polar surface area (TPSA) is 15.7 Å². The van der Waals surface area contributed by atoms with E-state index < -0.39 is 0 Å². The molecular weight excluding hydrogens is 320 g/mol. The van der Waals surface area contributed by atoms with Crippen LogP contribution in [0.15, 0.2) is 48.5 Å². The van der Waals surface area contributed by atoms with Gasteiger partial charge in [-0.05, 0) is 31.9 Å². The van der Waals surface area contributed by atoms with Gasteiger partial charge in [0.25, 0.3) is 0 Å². The minimum absolute atomic E-state index is 0.338. The largest absolute Gasteiger partial charge is 0.380 e. The predicted molar refractivity (Wildman–Crippen MR) is 109 cm³/mol. The molecule has 0 bridgehead atoms. The van der Waals surface area contributed by atoms with Gasteiger partial charge in [-0.1, -0.05) is 59.7 Å². The van der Waals surface area contributed by atoms with Gasteiger partial charge in [-0.2, -0.15) is 0 Å². The average molecular weight is 353 g/mol. The molecule has 0 spiro atoms. The van der Waals surface area contributed by atoms with E-state index in [9.17, 15) is 0 Å². The Hall–Kier alpha value is -1.68. The van der Waals surface area contributed by atoms with E-state index in [2.05, 4.69) is 79.1 Å². The van der Waals surface area contributed by atoms with Crippen LogP contribution in [0.1, 0.15) is 35.2 Å². The molecule has 0 atom stereocenters. The number of piperazine rings is 1. The maximum Gasteiger partial charge on any atom is 0.0602 e. The van der Waals surface area contributed by atoms with Gasteiger partial charge in [0.1, 0.15) is 0 Å². The Labute approximate surface area is 158 Å². The van der Waals surface area contributed by atoms with Crippen molar-refractivity contribution < 1.29 is 4.74 Å². The molecule has 0 amide bonds. The first-order chi connectivity index (χ1) is 12.7. The lowest BCUT2D eigenvalue weighted by Crippen LogP contribution is -2.48. The fourth-order valence-corrected chi connectivity index (χ4v) is 3.69. The minimum Gasteiger partial charge on any atom is -0.380 e. The van der Waals surface area contributed by atoms with E-state index in [0.29, 0.717) is 6.04 Å². The molecule has 3 nitrogen and oxygen atoms in total. The molecule has 1 aliphatic rings. The van der Waals surface area contributed by atoms with Gasteiger partial charge in [-0.25, -0.2) is 0 Å². The molecule has 1 fully saturated rings. The summed E-state index contributed by atoms with van der Waals surface area (Å²) in [5.74, 6) is 0. The number of nitrogens with zero attached hydrogens (tertiary/aromatic N) is 2. The molecule has 3 rings (SSSR count). The van der Waals surface area contributed by atoms with Gasteiger partial charge in [-0.3, -0.25) is 9.80 Å². The maximum atomic E-state index is 5.52. The van der Waals surface area contributed by atoms with Gasteiger partial charge in [0, 0.05) is 39.3 Å². The molecule has 0 N–H and O–H groups in total. The van der Waals surface area contributed by atoms with Crippen molar-refractivity contribution in [1.82, 2.24) is 9.80 Å². The molecule has 1 heterocycles. The molecular formula is C23H32N2O. The van der Waals surface area contributed by atoms with Crippen LogP contribution in [0.4, 0.5) is 0 Å². The van der Waals surface area contributed by atoms with Crippen LogP contribution in [0.3, 0.4) is 0 Å². The predicted octanol–water partition coefficient (Wildman–Crippen LogP) is 4.05. The van der Waals surface area contributed by atoms with Gasteiger partial charge in [0.2, 0.25) is 0 Å². The van der Waals surface area contributed by atoms with Crippen LogP contribution in [0.5, 0.6) is 0 Å². The fraction of sp³-hybridized carbons (Fsp3) is 0.478. The maximum absolute atomic E-state index is 5.52. The molecule has 1 saturated heterocycles. The van der Waals surface area contributed by atoms with Crippen molar-refractivity contribution in [2.24, 2.45) is 0 Å². The van der Waals surface area contributed by atoms with E-state index in [1.165, 1.54) is 22.3 Å². The first-order valence-corrected chi connectivity index (χ1v) is 9.84. The van der Waals surface area contributed by atoms with Crippen LogP contribution in [-0.4, -0.2) is 55.7 Å². The fourth-order valence-electron chi connectivity index (χ4n) is 3.69. The Morgan fingerprint density at radius 2 is 1.31 bits per heavy atom. The van der Waals surface area contributed by atoms with Crippen LogP contribution in [0.2, 0.25) is 0 Å². The van der Waals surface area contributed by atoms with Crippen LogP contribution >= 0.6 is 0 Å². The summed E-state index contributed by atoms with van der Waals surface area (Å²) in [6.07, 6.45) is 0. The first-order valence-electron chi connectivity index (χ1n) is 9.84. The van der Waals surface area contributed by atoms with E-state index in [4.69, 9.17) is 4.74 Å². The van der Waals surface area contributed by atoms with E-state index in [1.54, 1.807) is 0 Å². The van der Waals surface area contributed by atoms with Gasteiger partial charge >= 0.3 is 0 Å². The SMILES string of the molecule is CCOCCN1CCN(C(c2ccc(C)cc2)c2ccc(C)cc2)CC1. The minimum atomic E-state index is 0.338. The van der Waals surface area contributed by atoms with Crippen molar-refractivity contribution in [2.75, 3.05) is 45.9 Å². The number of hydrogen-bond acceptors (Lipinski definition) is 3. The molecule has 0 radical (unpaired) electrons. The molecule has 0 aliphatic carbocycles. The lowest BCUT2D eigenvalue weighted by Gasteiger charge is -2.39. The molecule has 2 aromatic rings. The Morgan fingerprint density at radius 3 is 1.77 bits per heavy atom. The van der Waals surface area contributed by atoms with Crippen molar-refractivity contribution in [3.05, 3.63) is 70.8 Å². The highest BCUT2D eigenvalue weighted by atomic mass is 16.5. The summed E-state index contributed by atoms with van der Waals surface area (Å²) in [5, 5.41) is 0. The molecule has 0 aromatic heterocycles. The van der Waals surface area contributed by atoms with Gasteiger partial charge in [-0.15, -0.1) is 0 Å². The third kappa shape index (κ3) is 4.94. The number of rotatable bonds is 7. The highest BCUT2D eigenvalue weighted by molar-refractivity contribution is 5.35. The standard InChI is InChI=1S/C23H32N2O/c1-4-26-18-17-24-13-15-25(16-14-24)23(21-9-5-19(2)6-10-21)22-11-7-20(3)8-12-22/h5-12,23H,4,13-18H2,1-3H3. The molecule has 1 aliphatic heterocycles. The van der Waals surface area contributed by atoms with Crippen LogP contribution < -0.4 is 0 Å². The van der Waals surface area contributed by atoms with Crippen molar-refractivity contribution in [2.45, 2.75) is 26.8 Å². The summed E-state index contributed by atoms with van der Waals surface area (Å²) in [7, 11) is 0. The molecule has 0 saturated carbocycles. The van der Waals surface area contributed by atoms with Crippen LogP contribution in [0, 0.1) is 13.8 Å². The summed E-state index contributed by atoms with van der Waals surface area (Å²) in [6, 6.07) is 18.4. The Balaban J connectivity index is 1.74. The zero-order chi connectivity index (χ0) is 18.4. The molecule has 26 heavy (non-hydrogen) atoms. The summed E-state index contributed by atoms with van der Waals surface area (Å²) >= 11 is 0. The van der Waals surface area contributed by atoms with E-state index >= 15 is 0 Å². The zero-order valence-corrected chi connectivity index (χ0v) is 16.4. The highest BCUT2D eigenvalue weighted by Crippen LogP contribution is 2.30. The zero-order valence-electron chi connectivity index (χ0n) is 16.4. The first kappa shape index (κ1) is 19.1. The highest BCUT2D eigenvalue weighted by Gasteiger charge is 2.26. The Morgan fingerprint density at radius 1 is 0.808 bits per heavy atom. The Kier molecular flexibility index (Phi) is 6.84. The normalized spacial score (nSPS) is 16.3. The third-order valence-electron chi connectivity index (χ3n) is 5.31. The molecule has 0 unspecified atom stereocenters. The van der Waals surface area contributed by atoms with E-state index in [-0.39, 0.29) is 0 Å². The number of aryl methyl sites for hydroxylation is 2. The second kappa shape index (κ2) is 9.31. The third-order valence-corrected chi connectivity index (χ3v) is 5.31. The smallest absolute Gasteiger partial charge is 0.0602 e. The summed E-state index contributed by atoms with van der Waals surface area (Å²) in [5.41, 5.74) is 5.42. The lowest BCUT2D eigenvalue weighted by atomic mass is 9.95. The van der Waals surface area contributed by atoms with Gasteiger partial charge in [0.15, 0.2) is 0 Å². The Bertz CT molecular complexity index is 612. The number of ether oxygens (including phenoxy) is 1. The van der Waals surface area contributed by atoms with Crippen molar-refractivity contribution in [3.63, 3.8) is 0 Å². The summed E-state index contributed by atoms with van der Waals surface area (Å²) < 4.78 is 5.52. The molecule has 3 heteroatoms. The summed E-state index contributed by atoms with van der Waals surface area (Å²) in [4.78, 5) is 5.15. The second-order valence-corrected chi connectivity index (χ2v) is 7.30. The van der Waals surface area contributed by atoms with E-state index in [1.807, 2.05) is 0 Å². The van der Waals surface area contributed by atoms with Crippen LogP contribution in [-0.2, 0) is 4.74 Å². The number of benzene rings is 2. The number of hydrogen-bond donors (Lipinski definition) is 0. The van der Waals surface area contributed by atoms with Crippen molar-refractivity contribution in [3.8, 4) is 0 Å². The quantitative estimate of drug-likeness (QED) is 0.699. The van der Waals surface area contributed by atoms with Crippen molar-refractivity contribution in [1.29, 1.82) is 0 Å². The van der Waals surface area contributed by atoms with Crippen LogP contribution in [0.25, 0.3) is 0 Å².